The second kappa shape index (κ2) is 7.91. The first-order chi connectivity index (χ1) is 12.5. The van der Waals surface area contributed by atoms with E-state index in [1.807, 2.05) is 36.4 Å². The predicted octanol–water partition coefficient (Wildman–Crippen LogP) is 3.34. The Morgan fingerprint density at radius 3 is 2.62 bits per heavy atom. The maximum absolute atomic E-state index is 12.7. The fourth-order valence-electron chi connectivity index (χ4n) is 2.75. The lowest BCUT2D eigenvalue weighted by Crippen LogP contribution is -2.27. The minimum Gasteiger partial charge on any atom is -0.355 e. The van der Waals surface area contributed by atoms with Gasteiger partial charge in [-0.1, -0.05) is 49.9 Å². The van der Waals surface area contributed by atoms with Gasteiger partial charge in [0.05, 0.1) is 16.7 Å². The van der Waals surface area contributed by atoms with E-state index >= 15 is 0 Å². The fraction of sp³-hybridized carbons (Fsp3) is 0.350. The van der Waals surface area contributed by atoms with Crippen molar-refractivity contribution in [1.82, 2.24) is 14.9 Å². The zero-order valence-electron chi connectivity index (χ0n) is 15.3. The van der Waals surface area contributed by atoms with Gasteiger partial charge in [-0.25, -0.2) is 4.98 Å². The first-order valence-electron chi connectivity index (χ1n) is 8.74. The van der Waals surface area contributed by atoms with Crippen LogP contribution in [0.5, 0.6) is 0 Å². The Morgan fingerprint density at radius 2 is 1.92 bits per heavy atom. The molecule has 3 rings (SSSR count). The van der Waals surface area contributed by atoms with Crippen molar-refractivity contribution in [3.05, 3.63) is 46.8 Å². The van der Waals surface area contributed by atoms with Gasteiger partial charge in [-0.3, -0.25) is 14.2 Å². The number of nitrogens with zero attached hydrogens (tertiary/aromatic N) is 2. The molecule has 0 aliphatic heterocycles. The van der Waals surface area contributed by atoms with E-state index in [4.69, 9.17) is 0 Å². The van der Waals surface area contributed by atoms with Gasteiger partial charge in [0.1, 0.15) is 0 Å². The molecule has 136 valence electrons. The highest BCUT2D eigenvalue weighted by Gasteiger charge is 2.12. The Labute approximate surface area is 156 Å². The molecule has 0 unspecified atom stereocenters. The number of aromatic nitrogens is 2. The zero-order chi connectivity index (χ0) is 18.7. The average Bonchev–Trinajstić information content (AvgIpc) is 2.62. The van der Waals surface area contributed by atoms with Crippen molar-refractivity contribution in [3.63, 3.8) is 0 Å². The quantitative estimate of drug-likeness (QED) is 0.411. The van der Waals surface area contributed by atoms with E-state index in [1.165, 1.54) is 16.3 Å². The van der Waals surface area contributed by atoms with Gasteiger partial charge in [0.15, 0.2) is 5.16 Å². The predicted molar refractivity (Wildman–Crippen MR) is 108 cm³/mol. The fourth-order valence-corrected chi connectivity index (χ4v) is 3.55. The summed E-state index contributed by atoms with van der Waals surface area (Å²) in [5.41, 5.74) is 0.568. The summed E-state index contributed by atoms with van der Waals surface area (Å²) in [5, 5.41) is 6.11. The normalized spacial score (nSPS) is 11.4. The third-order valence-corrected chi connectivity index (χ3v) is 5.31. The lowest BCUT2D eigenvalue weighted by molar-refractivity contribution is -0.118. The monoisotopic (exact) mass is 369 g/mol. The van der Waals surface area contributed by atoms with Gasteiger partial charge in [0.25, 0.3) is 5.56 Å². The maximum atomic E-state index is 12.7. The highest BCUT2D eigenvalue weighted by atomic mass is 32.2. The van der Waals surface area contributed by atoms with E-state index < -0.39 is 0 Å². The first-order valence-corrected chi connectivity index (χ1v) is 9.73. The molecule has 3 aromatic rings. The van der Waals surface area contributed by atoms with E-state index in [9.17, 15) is 9.59 Å². The van der Waals surface area contributed by atoms with E-state index in [-0.39, 0.29) is 17.2 Å². The Balaban J connectivity index is 1.82. The van der Waals surface area contributed by atoms with Gasteiger partial charge in [-0.05, 0) is 35.2 Å². The molecule has 1 heterocycles. The molecule has 0 radical (unpaired) electrons. The van der Waals surface area contributed by atoms with Gasteiger partial charge >= 0.3 is 0 Å². The summed E-state index contributed by atoms with van der Waals surface area (Å²) in [6.07, 6.45) is 0.955. The van der Waals surface area contributed by atoms with Crippen molar-refractivity contribution in [1.29, 1.82) is 0 Å². The van der Waals surface area contributed by atoms with E-state index in [0.717, 1.165) is 17.2 Å². The molecule has 0 bridgehead atoms. The molecule has 1 amide bonds. The molecule has 26 heavy (non-hydrogen) atoms. The van der Waals surface area contributed by atoms with Gasteiger partial charge < -0.3 is 5.32 Å². The minimum atomic E-state index is -0.0940. The molecular formula is C20H23N3O2S. The summed E-state index contributed by atoms with van der Waals surface area (Å²) in [7, 11) is 1.70. The molecule has 0 spiro atoms. The van der Waals surface area contributed by atoms with Crippen molar-refractivity contribution in [2.75, 3.05) is 12.3 Å². The number of carbonyl (C=O) groups excluding carboxylic acids is 1. The van der Waals surface area contributed by atoms with Gasteiger partial charge in [-0.2, -0.15) is 0 Å². The van der Waals surface area contributed by atoms with Crippen LogP contribution in [-0.4, -0.2) is 27.8 Å². The number of nitrogens with one attached hydrogen (secondary N) is 1. The summed E-state index contributed by atoms with van der Waals surface area (Å²) in [5.74, 6) is 0.765. The molecule has 0 atom stereocenters. The smallest absolute Gasteiger partial charge is 0.261 e. The zero-order valence-corrected chi connectivity index (χ0v) is 16.1. The van der Waals surface area contributed by atoms with Crippen LogP contribution in [0, 0.1) is 5.92 Å². The summed E-state index contributed by atoms with van der Waals surface area (Å²) < 4.78 is 1.52. The topological polar surface area (TPSA) is 64.0 Å². The van der Waals surface area contributed by atoms with Crippen LogP contribution in [0.1, 0.15) is 20.3 Å². The molecule has 0 aliphatic carbocycles. The number of hydrogen-bond acceptors (Lipinski definition) is 4. The molecule has 1 N–H and O–H groups in total. The molecule has 0 saturated carbocycles. The molecular weight excluding hydrogens is 346 g/mol. The van der Waals surface area contributed by atoms with Crippen LogP contribution in [0.25, 0.3) is 21.7 Å². The van der Waals surface area contributed by atoms with Crippen molar-refractivity contribution < 1.29 is 4.79 Å². The Hall–Kier alpha value is -2.34. The molecule has 0 saturated heterocycles. The van der Waals surface area contributed by atoms with E-state index in [0.29, 0.717) is 28.5 Å². The van der Waals surface area contributed by atoms with Gasteiger partial charge in [0, 0.05) is 13.6 Å². The summed E-state index contributed by atoms with van der Waals surface area (Å²) in [6.45, 7) is 4.92. The van der Waals surface area contributed by atoms with Crippen molar-refractivity contribution in [2.24, 2.45) is 13.0 Å². The first kappa shape index (κ1) is 18.5. The summed E-state index contributed by atoms with van der Waals surface area (Å²) in [4.78, 5) is 29.3. The lowest BCUT2D eigenvalue weighted by atomic mass is 10.1. The summed E-state index contributed by atoms with van der Waals surface area (Å²) in [6, 6.07) is 11.7. The van der Waals surface area contributed by atoms with Crippen molar-refractivity contribution in [2.45, 2.75) is 25.4 Å². The number of thioether (sulfide) groups is 1. The van der Waals surface area contributed by atoms with Crippen LogP contribution in [0.2, 0.25) is 0 Å². The van der Waals surface area contributed by atoms with Crippen LogP contribution in [0.4, 0.5) is 0 Å². The minimum absolute atomic E-state index is 0.0384. The van der Waals surface area contributed by atoms with Crippen LogP contribution in [-0.2, 0) is 11.8 Å². The molecule has 5 nitrogen and oxygen atoms in total. The second-order valence-corrected chi connectivity index (χ2v) is 7.74. The number of amides is 1. The highest BCUT2D eigenvalue weighted by Crippen LogP contribution is 2.22. The van der Waals surface area contributed by atoms with Gasteiger partial charge in [0.2, 0.25) is 5.91 Å². The highest BCUT2D eigenvalue weighted by molar-refractivity contribution is 7.99. The van der Waals surface area contributed by atoms with Crippen LogP contribution >= 0.6 is 11.8 Å². The largest absolute Gasteiger partial charge is 0.355 e. The maximum Gasteiger partial charge on any atom is 0.261 e. The number of rotatable bonds is 6. The third-order valence-electron chi connectivity index (χ3n) is 4.28. The molecule has 6 heteroatoms. The summed E-state index contributed by atoms with van der Waals surface area (Å²) >= 11 is 1.29. The van der Waals surface area contributed by atoms with Crippen LogP contribution in [0.15, 0.2) is 46.3 Å². The van der Waals surface area contributed by atoms with Crippen LogP contribution < -0.4 is 10.9 Å². The number of hydrogen-bond donors (Lipinski definition) is 1. The van der Waals surface area contributed by atoms with Crippen molar-refractivity contribution in [3.8, 4) is 0 Å². The van der Waals surface area contributed by atoms with Gasteiger partial charge in [-0.15, -0.1) is 0 Å². The van der Waals surface area contributed by atoms with E-state index in [2.05, 4.69) is 24.1 Å². The SMILES string of the molecule is CC(C)CCNC(=O)CSc1nc2cc3ccccc3cc2c(=O)n1C. The Kier molecular flexibility index (Phi) is 5.61. The number of benzene rings is 2. The number of fused-ring (bicyclic) bond motifs is 2. The Bertz CT molecular complexity index is 1010. The van der Waals surface area contributed by atoms with Crippen LogP contribution in [0.3, 0.4) is 0 Å². The molecule has 0 fully saturated rings. The Morgan fingerprint density at radius 1 is 1.23 bits per heavy atom. The molecule has 0 aliphatic rings. The molecule has 2 aromatic carbocycles. The van der Waals surface area contributed by atoms with E-state index in [1.54, 1.807) is 7.05 Å². The van der Waals surface area contributed by atoms with Crippen molar-refractivity contribution >= 4 is 39.3 Å². The second-order valence-electron chi connectivity index (χ2n) is 6.80. The standard InChI is InChI=1S/C20H23N3O2S/c1-13(2)8-9-21-18(24)12-26-20-22-17-11-15-7-5-4-6-14(15)10-16(17)19(25)23(20)3/h4-7,10-11,13H,8-9,12H2,1-3H3,(H,21,24). The molecule has 1 aromatic heterocycles. The number of carbonyl (C=O) groups is 1. The average molecular weight is 369 g/mol. The third kappa shape index (κ3) is 4.07. The lowest BCUT2D eigenvalue weighted by Gasteiger charge is -2.10.